The number of benzene rings is 2. The molecule has 38 heavy (non-hydrogen) atoms. The first-order valence-corrected chi connectivity index (χ1v) is 14.0. The molecule has 0 aliphatic heterocycles. The van der Waals surface area contributed by atoms with Crippen molar-refractivity contribution < 1.29 is 8.78 Å². The second-order valence-electron chi connectivity index (χ2n) is 10.7. The summed E-state index contributed by atoms with van der Waals surface area (Å²) in [5.41, 5.74) is 2.54. The average molecular weight is 561 g/mol. The third-order valence-electron chi connectivity index (χ3n) is 6.09. The van der Waals surface area contributed by atoms with Crippen LogP contribution in [0, 0.1) is 23.5 Å². The Kier molecular flexibility index (Phi) is 11.6. The predicted molar refractivity (Wildman–Crippen MR) is 159 cm³/mol. The summed E-state index contributed by atoms with van der Waals surface area (Å²) in [4.78, 5) is 4.59. The number of anilines is 1. The normalized spacial score (nSPS) is 11.5. The van der Waals surface area contributed by atoms with E-state index < -0.39 is 11.6 Å². The van der Waals surface area contributed by atoms with Gasteiger partial charge in [0.25, 0.3) is 0 Å². The number of halogens is 3. The van der Waals surface area contributed by atoms with E-state index in [1.54, 1.807) is 0 Å². The minimum atomic E-state index is -0.642. The molecule has 0 unspecified atom stereocenters. The molecule has 8 heteroatoms. The molecule has 0 radical (unpaired) electrons. The second-order valence-corrected chi connectivity index (χ2v) is 11.5. The molecular formula is C30H39ClF2N4S. The first kappa shape index (κ1) is 30.1. The van der Waals surface area contributed by atoms with Gasteiger partial charge in [-0.05, 0) is 79.0 Å². The highest BCUT2D eigenvalue weighted by Gasteiger charge is 2.16. The van der Waals surface area contributed by atoms with Gasteiger partial charge in [0.05, 0.1) is 6.54 Å². The molecule has 0 aliphatic rings. The minimum Gasteiger partial charge on any atom is -0.345 e. The lowest BCUT2D eigenvalue weighted by atomic mass is 10.1. The zero-order valence-corrected chi connectivity index (χ0v) is 24.3. The maximum absolute atomic E-state index is 13.8. The number of rotatable bonds is 13. The lowest BCUT2D eigenvalue weighted by Gasteiger charge is -2.30. The molecule has 3 rings (SSSR count). The molecule has 3 aromatic rings. The standard InChI is InChI=1S/C30H39ClF2N4S/c1-22(2)18-35(19-23(3)4)12-6-14-37(30(38)34-28-16-26(32)15-27(33)17-28)21-29-7-5-13-36(29)20-24-8-10-25(31)11-9-24/h5,7-11,13,15-17,22-23H,6,12,14,18-21H2,1-4H3,(H,34,38). The van der Waals surface area contributed by atoms with E-state index in [0.717, 1.165) is 43.4 Å². The van der Waals surface area contributed by atoms with Crippen molar-refractivity contribution >= 4 is 34.6 Å². The van der Waals surface area contributed by atoms with Crippen LogP contribution in [0.2, 0.25) is 5.02 Å². The predicted octanol–water partition coefficient (Wildman–Crippen LogP) is 7.67. The van der Waals surface area contributed by atoms with Crippen LogP contribution in [0.25, 0.3) is 0 Å². The molecule has 0 atom stereocenters. The third kappa shape index (κ3) is 10.0. The van der Waals surface area contributed by atoms with E-state index in [4.69, 9.17) is 23.8 Å². The molecule has 206 valence electrons. The van der Waals surface area contributed by atoms with Crippen LogP contribution in [0.15, 0.2) is 60.8 Å². The lowest BCUT2D eigenvalue weighted by Crippen LogP contribution is -2.38. The fourth-order valence-corrected chi connectivity index (χ4v) is 4.99. The molecule has 2 aromatic carbocycles. The first-order valence-electron chi connectivity index (χ1n) is 13.2. The molecule has 0 saturated carbocycles. The summed E-state index contributed by atoms with van der Waals surface area (Å²) in [5.74, 6) is -0.105. The van der Waals surface area contributed by atoms with Crippen LogP contribution in [0.4, 0.5) is 14.5 Å². The van der Waals surface area contributed by atoms with Gasteiger partial charge in [0.2, 0.25) is 0 Å². The van der Waals surface area contributed by atoms with E-state index in [2.05, 4.69) is 53.4 Å². The molecule has 0 amide bonds. The van der Waals surface area contributed by atoms with Gasteiger partial charge in [-0.2, -0.15) is 0 Å². The van der Waals surface area contributed by atoms with Crippen molar-refractivity contribution in [1.82, 2.24) is 14.4 Å². The Balaban J connectivity index is 1.75. The summed E-state index contributed by atoms with van der Waals surface area (Å²) >= 11 is 11.8. The van der Waals surface area contributed by atoms with E-state index in [1.807, 2.05) is 36.5 Å². The third-order valence-corrected chi connectivity index (χ3v) is 6.70. The van der Waals surface area contributed by atoms with Crippen LogP contribution in [0.1, 0.15) is 45.4 Å². The van der Waals surface area contributed by atoms with Gasteiger partial charge >= 0.3 is 0 Å². The molecular weight excluding hydrogens is 522 g/mol. The van der Waals surface area contributed by atoms with Gasteiger partial charge < -0.3 is 19.7 Å². The Labute approximate surface area is 236 Å². The van der Waals surface area contributed by atoms with Crippen molar-refractivity contribution in [1.29, 1.82) is 0 Å². The van der Waals surface area contributed by atoms with Crippen LogP contribution >= 0.6 is 23.8 Å². The summed E-state index contributed by atoms with van der Waals surface area (Å²) in [6.45, 7) is 14.0. The van der Waals surface area contributed by atoms with Crippen molar-refractivity contribution in [3.63, 3.8) is 0 Å². The lowest BCUT2D eigenvalue weighted by molar-refractivity contribution is 0.209. The second kappa shape index (κ2) is 14.6. The van der Waals surface area contributed by atoms with Gasteiger partial charge in [-0.15, -0.1) is 0 Å². The van der Waals surface area contributed by atoms with Crippen LogP contribution in [0.3, 0.4) is 0 Å². The molecule has 0 fully saturated rings. The largest absolute Gasteiger partial charge is 0.345 e. The zero-order chi connectivity index (χ0) is 27.7. The van der Waals surface area contributed by atoms with E-state index in [9.17, 15) is 8.78 Å². The summed E-state index contributed by atoms with van der Waals surface area (Å²) in [5, 5.41) is 4.20. The molecule has 1 aromatic heterocycles. The smallest absolute Gasteiger partial charge is 0.173 e. The molecule has 1 heterocycles. The van der Waals surface area contributed by atoms with Crippen molar-refractivity contribution in [2.75, 3.05) is 31.5 Å². The van der Waals surface area contributed by atoms with E-state index >= 15 is 0 Å². The van der Waals surface area contributed by atoms with Gasteiger partial charge in [0, 0.05) is 54.8 Å². The average Bonchev–Trinajstić information content (AvgIpc) is 3.24. The number of aromatic nitrogens is 1. The SMILES string of the molecule is CC(C)CN(CCCN(Cc1cccn1Cc1ccc(Cl)cc1)C(=S)Nc1cc(F)cc(F)c1)CC(C)C. The Bertz CT molecular complexity index is 1130. The molecule has 4 nitrogen and oxygen atoms in total. The topological polar surface area (TPSA) is 23.4 Å². The summed E-state index contributed by atoms with van der Waals surface area (Å²) in [7, 11) is 0. The maximum atomic E-state index is 13.8. The first-order chi connectivity index (χ1) is 18.1. The highest BCUT2D eigenvalue weighted by molar-refractivity contribution is 7.80. The zero-order valence-electron chi connectivity index (χ0n) is 22.8. The van der Waals surface area contributed by atoms with Gasteiger partial charge in [-0.25, -0.2) is 8.78 Å². The molecule has 0 aliphatic carbocycles. The van der Waals surface area contributed by atoms with Crippen molar-refractivity contribution in [2.45, 2.75) is 47.2 Å². The fourth-order valence-electron chi connectivity index (χ4n) is 4.59. The Morgan fingerprint density at radius 3 is 2.18 bits per heavy atom. The number of hydrogen-bond donors (Lipinski definition) is 1. The van der Waals surface area contributed by atoms with Crippen LogP contribution < -0.4 is 5.32 Å². The molecule has 0 saturated heterocycles. The summed E-state index contributed by atoms with van der Waals surface area (Å²) in [6, 6.07) is 15.3. The highest BCUT2D eigenvalue weighted by atomic mass is 35.5. The van der Waals surface area contributed by atoms with Gasteiger partial charge in [0.1, 0.15) is 11.6 Å². The number of thiocarbonyl (C=S) groups is 1. The number of nitrogens with one attached hydrogen (secondary N) is 1. The van der Waals surface area contributed by atoms with Crippen LogP contribution in [0.5, 0.6) is 0 Å². The van der Waals surface area contributed by atoms with Crippen molar-refractivity contribution in [3.05, 3.63) is 88.7 Å². The summed E-state index contributed by atoms with van der Waals surface area (Å²) in [6.07, 6.45) is 2.96. The van der Waals surface area contributed by atoms with Gasteiger partial charge in [0.15, 0.2) is 5.11 Å². The van der Waals surface area contributed by atoms with E-state index in [1.165, 1.54) is 12.1 Å². The van der Waals surface area contributed by atoms with Crippen LogP contribution in [-0.2, 0) is 13.1 Å². The summed E-state index contributed by atoms with van der Waals surface area (Å²) < 4.78 is 29.8. The van der Waals surface area contributed by atoms with Crippen molar-refractivity contribution in [3.8, 4) is 0 Å². The maximum Gasteiger partial charge on any atom is 0.173 e. The van der Waals surface area contributed by atoms with E-state index in [-0.39, 0.29) is 0 Å². The van der Waals surface area contributed by atoms with Gasteiger partial charge in [-0.3, -0.25) is 0 Å². The fraction of sp³-hybridized carbons (Fsp3) is 0.433. The van der Waals surface area contributed by atoms with Crippen molar-refractivity contribution in [2.24, 2.45) is 11.8 Å². The molecule has 1 N–H and O–H groups in total. The minimum absolute atomic E-state index is 0.301. The molecule has 0 bridgehead atoms. The quantitative estimate of drug-likeness (QED) is 0.217. The van der Waals surface area contributed by atoms with Gasteiger partial charge in [-0.1, -0.05) is 51.4 Å². The number of hydrogen-bond acceptors (Lipinski definition) is 2. The Morgan fingerprint density at radius 1 is 0.947 bits per heavy atom. The number of nitrogens with zero attached hydrogens (tertiary/aromatic N) is 3. The molecule has 0 spiro atoms. The monoisotopic (exact) mass is 560 g/mol. The van der Waals surface area contributed by atoms with E-state index in [0.29, 0.717) is 47.3 Å². The Hall–Kier alpha value is -2.48. The Morgan fingerprint density at radius 2 is 1.58 bits per heavy atom. The highest BCUT2D eigenvalue weighted by Crippen LogP contribution is 2.17. The van der Waals surface area contributed by atoms with Crippen LogP contribution in [-0.4, -0.2) is 45.7 Å².